The number of rotatable bonds is 5. The van der Waals surface area contributed by atoms with E-state index in [0.717, 1.165) is 10.9 Å². The van der Waals surface area contributed by atoms with Gasteiger partial charge in [0.15, 0.2) is 5.76 Å². The number of carbonyl (C=O) groups excluding carboxylic acids is 1. The van der Waals surface area contributed by atoms with Crippen molar-refractivity contribution in [1.82, 2.24) is 9.62 Å². The predicted octanol–water partition coefficient (Wildman–Crippen LogP) is 2.55. The molecule has 0 radical (unpaired) electrons. The molecule has 1 aromatic heterocycles. The first kappa shape index (κ1) is 17.8. The zero-order valence-corrected chi connectivity index (χ0v) is 15.5. The second-order valence-corrected chi connectivity index (χ2v) is 8.66. The van der Waals surface area contributed by atoms with Gasteiger partial charge in [0.2, 0.25) is 10.0 Å². The van der Waals surface area contributed by atoms with Crippen molar-refractivity contribution in [3.63, 3.8) is 0 Å². The van der Waals surface area contributed by atoms with Crippen LogP contribution < -0.4 is 5.32 Å². The number of hydrogen-bond acceptors (Lipinski definition) is 4. The van der Waals surface area contributed by atoms with Gasteiger partial charge in [0.1, 0.15) is 5.58 Å². The van der Waals surface area contributed by atoms with Crippen LogP contribution in [0.15, 0.2) is 59.0 Å². The topological polar surface area (TPSA) is 79.6 Å². The number of furan rings is 1. The summed E-state index contributed by atoms with van der Waals surface area (Å²) in [7, 11) is -3.44. The smallest absolute Gasteiger partial charge is 0.287 e. The van der Waals surface area contributed by atoms with Crippen molar-refractivity contribution in [3.8, 4) is 0 Å². The Morgan fingerprint density at radius 1 is 1.07 bits per heavy atom. The molecule has 6 nitrogen and oxygen atoms in total. The fraction of sp³-hybridized carbons (Fsp3) is 0.250. The van der Waals surface area contributed by atoms with E-state index in [1.807, 2.05) is 42.5 Å². The Kier molecular flexibility index (Phi) is 4.72. The van der Waals surface area contributed by atoms with Gasteiger partial charge in [-0.2, -0.15) is 4.31 Å². The summed E-state index contributed by atoms with van der Waals surface area (Å²) in [4.78, 5) is 12.2. The molecule has 0 bridgehead atoms. The standard InChI is InChI=1S/C20H20N2O4S/c23-20(19-13-16-6-3-4-8-18(16)26-19)21-10-12-27(24,25)22-11-9-15-5-1-2-7-17(15)14-22/h1-8,13H,9-12,14H2,(H,21,23). The van der Waals surface area contributed by atoms with Crippen molar-refractivity contribution in [1.29, 1.82) is 0 Å². The molecule has 1 aliphatic rings. The summed E-state index contributed by atoms with van der Waals surface area (Å²) < 4.78 is 32.2. The minimum Gasteiger partial charge on any atom is -0.451 e. The molecule has 0 fully saturated rings. The van der Waals surface area contributed by atoms with Crippen LogP contribution >= 0.6 is 0 Å². The molecule has 0 atom stereocenters. The maximum Gasteiger partial charge on any atom is 0.287 e. The number of carbonyl (C=O) groups is 1. The lowest BCUT2D eigenvalue weighted by atomic mass is 10.0. The molecule has 0 saturated carbocycles. The van der Waals surface area contributed by atoms with Crippen molar-refractivity contribution in [2.45, 2.75) is 13.0 Å². The Morgan fingerprint density at radius 2 is 1.81 bits per heavy atom. The lowest BCUT2D eigenvalue weighted by Crippen LogP contribution is -2.40. The Hall–Kier alpha value is -2.64. The summed E-state index contributed by atoms with van der Waals surface area (Å²) in [6.45, 7) is 0.892. The van der Waals surface area contributed by atoms with E-state index in [0.29, 0.717) is 25.1 Å². The molecule has 27 heavy (non-hydrogen) atoms. The van der Waals surface area contributed by atoms with E-state index < -0.39 is 15.9 Å². The third-order valence-corrected chi connectivity index (χ3v) is 6.60. The van der Waals surface area contributed by atoms with Crippen LogP contribution in [0.3, 0.4) is 0 Å². The average Bonchev–Trinajstić information content (AvgIpc) is 3.12. The molecule has 0 aliphatic carbocycles. The number of para-hydroxylation sites is 1. The molecular weight excluding hydrogens is 364 g/mol. The van der Waals surface area contributed by atoms with Crippen molar-refractivity contribution in [2.75, 3.05) is 18.8 Å². The van der Waals surface area contributed by atoms with Gasteiger partial charge in [-0.3, -0.25) is 4.79 Å². The molecule has 3 aromatic rings. The van der Waals surface area contributed by atoms with Crippen LogP contribution in [0.5, 0.6) is 0 Å². The SMILES string of the molecule is O=C(NCCS(=O)(=O)N1CCc2ccccc2C1)c1cc2ccccc2o1. The van der Waals surface area contributed by atoms with E-state index in [2.05, 4.69) is 5.32 Å². The first-order chi connectivity index (χ1) is 13.0. The summed E-state index contributed by atoms with van der Waals surface area (Å²) >= 11 is 0. The summed E-state index contributed by atoms with van der Waals surface area (Å²) in [6.07, 6.45) is 0.709. The average molecular weight is 384 g/mol. The molecular formula is C20H20N2O4S. The van der Waals surface area contributed by atoms with Gasteiger partial charge in [0.05, 0.1) is 5.75 Å². The van der Waals surface area contributed by atoms with E-state index in [9.17, 15) is 13.2 Å². The summed E-state index contributed by atoms with van der Waals surface area (Å²) in [5.41, 5.74) is 2.86. The molecule has 0 unspecified atom stereocenters. The Bertz CT molecular complexity index is 1060. The molecule has 1 N–H and O–H groups in total. The first-order valence-electron chi connectivity index (χ1n) is 8.84. The minimum absolute atomic E-state index is 0.0381. The van der Waals surface area contributed by atoms with E-state index in [1.165, 1.54) is 9.87 Å². The van der Waals surface area contributed by atoms with Crippen LogP contribution in [0.2, 0.25) is 0 Å². The Balaban J connectivity index is 1.36. The number of sulfonamides is 1. The van der Waals surface area contributed by atoms with Gasteiger partial charge >= 0.3 is 0 Å². The van der Waals surface area contributed by atoms with Crippen LogP contribution in [0, 0.1) is 0 Å². The van der Waals surface area contributed by atoms with E-state index in [1.54, 1.807) is 12.1 Å². The van der Waals surface area contributed by atoms with Gasteiger partial charge in [-0.05, 0) is 29.7 Å². The predicted molar refractivity (Wildman–Crippen MR) is 103 cm³/mol. The molecule has 140 valence electrons. The van der Waals surface area contributed by atoms with Gasteiger partial charge in [-0.1, -0.05) is 42.5 Å². The molecule has 7 heteroatoms. The molecule has 2 aromatic carbocycles. The molecule has 0 spiro atoms. The zero-order valence-electron chi connectivity index (χ0n) is 14.7. The molecule has 4 rings (SSSR count). The summed E-state index contributed by atoms with van der Waals surface area (Å²) in [5.74, 6) is -0.368. The number of nitrogens with one attached hydrogen (secondary N) is 1. The lowest BCUT2D eigenvalue weighted by molar-refractivity contribution is 0.0930. The lowest BCUT2D eigenvalue weighted by Gasteiger charge is -2.28. The highest BCUT2D eigenvalue weighted by Gasteiger charge is 2.26. The molecule has 1 amide bonds. The molecule has 2 heterocycles. The minimum atomic E-state index is -3.44. The fourth-order valence-corrected chi connectivity index (χ4v) is 4.63. The fourth-order valence-electron chi connectivity index (χ4n) is 3.31. The quantitative estimate of drug-likeness (QED) is 0.733. The van der Waals surface area contributed by atoms with Gasteiger partial charge in [-0.25, -0.2) is 8.42 Å². The zero-order chi connectivity index (χ0) is 18.9. The van der Waals surface area contributed by atoms with Gasteiger partial charge in [0, 0.05) is 25.0 Å². The van der Waals surface area contributed by atoms with E-state index >= 15 is 0 Å². The van der Waals surface area contributed by atoms with E-state index in [4.69, 9.17) is 4.42 Å². The van der Waals surface area contributed by atoms with Crippen molar-refractivity contribution >= 4 is 26.9 Å². The number of hydrogen-bond donors (Lipinski definition) is 1. The van der Waals surface area contributed by atoms with Crippen LogP contribution in [0.4, 0.5) is 0 Å². The number of amides is 1. The van der Waals surface area contributed by atoms with Crippen LogP contribution in [-0.2, 0) is 23.0 Å². The third kappa shape index (κ3) is 3.74. The van der Waals surface area contributed by atoms with Gasteiger partial charge in [0.25, 0.3) is 5.91 Å². The molecule has 1 aliphatic heterocycles. The van der Waals surface area contributed by atoms with Crippen molar-refractivity contribution in [3.05, 3.63) is 71.5 Å². The number of fused-ring (bicyclic) bond motifs is 2. The van der Waals surface area contributed by atoms with Crippen molar-refractivity contribution in [2.24, 2.45) is 0 Å². The summed E-state index contributed by atoms with van der Waals surface area (Å²) in [6, 6.07) is 16.9. The third-order valence-electron chi connectivity index (χ3n) is 4.78. The number of nitrogens with zero attached hydrogens (tertiary/aromatic N) is 1. The highest BCUT2D eigenvalue weighted by atomic mass is 32.2. The normalized spacial score (nSPS) is 14.8. The molecule has 0 saturated heterocycles. The van der Waals surface area contributed by atoms with E-state index in [-0.39, 0.29) is 18.1 Å². The van der Waals surface area contributed by atoms with Gasteiger partial charge in [-0.15, -0.1) is 0 Å². The second-order valence-electron chi connectivity index (χ2n) is 6.57. The van der Waals surface area contributed by atoms with Crippen LogP contribution in [-0.4, -0.2) is 37.5 Å². The van der Waals surface area contributed by atoms with Crippen LogP contribution in [0.25, 0.3) is 11.0 Å². The monoisotopic (exact) mass is 384 g/mol. The maximum absolute atomic E-state index is 12.6. The number of benzene rings is 2. The van der Waals surface area contributed by atoms with Gasteiger partial charge < -0.3 is 9.73 Å². The Labute approximate surface area is 157 Å². The highest BCUT2D eigenvalue weighted by Crippen LogP contribution is 2.21. The maximum atomic E-state index is 12.6. The summed E-state index contributed by atoms with van der Waals surface area (Å²) in [5, 5.41) is 3.47. The largest absolute Gasteiger partial charge is 0.451 e. The highest BCUT2D eigenvalue weighted by molar-refractivity contribution is 7.89. The first-order valence-corrected chi connectivity index (χ1v) is 10.5. The van der Waals surface area contributed by atoms with Crippen molar-refractivity contribution < 1.29 is 17.6 Å². The van der Waals surface area contributed by atoms with Crippen LogP contribution in [0.1, 0.15) is 21.7 Å². The Morgan fingerprint density at radius 3 is 2.63 bits per heavy atom. The second kappa shape index (κ2) is 7.17.